The lowest BCUT2D eigenvalue weighted by Crippen LogP contribution is -2.48. The van der Waals surface area contributed by atoms with Crippen LogP contribution in [0, 0.1) is 6.92 Å². The number of fused-ring (bicyclic) bond motifs is 6. The van der Waals surface area contributed by atoms with Gasteiger partial charge in [0.25, 0.3) is 0 Å². The summed E-state index contributed by atoms with van der Waals surface area (Å²) in [6.07, 6.45) is 43.0. The zero-order valence-corrected chi connectivity index (χ0v) is 86.9. The number of nitrogens with one attached hydrogen (secondary N) is 4. The molecule has 0 unspecified atom stereocenters. The van der Waals surface area contributed by atoms with E-state index in [1.165, 1.54) is 141 Å². The average molecular weight is 1950 g/mol. The van der Waals surface area contributed by atoms with Crippen LogP contribution in [-0.2, 0) is 35.2 Å². The number of rotatable bonds is 24. The van der Waals surface area contributed by atoms with Gasteiger partial charge in [0.05, 0.1) is 56.5 Å². The van der Waals surface area contributed by atoms with Gasteiger partial charge in [-0.05, 0) is 250 Å². The van der Waals surface area contributed by atoms with Gasteiger partial charge in [0.2, 0.25) is 5.88 Å². The minimum atomic E-state index is 0.256. The summed E-state index contributed by atoms with van der Waals surface area (Å²) < 4.78 is 17.1. The number of aryl methyl sites for hydroxylation is 5. The first-order valence-corrected chi connectivity index (χ1v) is 54.4. The van der Waals surface area contributed by atoms with Gasteiger partial charge in [-0.15, -0.1) is 0 Å². The standard InChI is InChI=1S/C19H29N5OS.C17H25N5OS.C16H25N5S.C15H23N5S.C15H22N4OS.C14H21N5S/c1-3-16-22-17-18(20-13-21-19(17)26-16)24(4-2)15-7-5-14(6-8-15)23-9-11-25-12-10-23;1-2-14-21-15-16(18-11-19-17(15)24-14)20-12-3-5-13(6-4-12)22-7-9-23-10-8-22;1-10(2)15-20-13-14(17-9-18-16(13)22-15)19-11-5-7-12(8-6-11)21(3)4;1-4-12-19-13-14(16-9-17-15(13)21-12)18-10-5-7-11(8-6-10)20(2)3;1-4-12-18-13-14(16-9-17-15(13)21-12)20-11-7-5-10(6-8-11)19(2)3;1-9-17-12-13(15-8-16-14(12)20-9)18-10-4-6-11(7-5-10)19(2)3/h13-15H,3-12H2,1-2H3;11-13H,2-10H2,1H3,(H,18,19,20);9-12H,5-8H2,1-4H3,(H,17,18,19);9-11H,4-8H2,1-3H3,(H,16,17,18);9-11H,4-8H2,1-3H3;8,10-11H,4-7H2,1-3H3,(H,15,16,18). The molecular formula is C96H145N29O3S6. The van der Waals surface area contributed by atoms with Crippen LogP contribution in [0.4, 0.5) is 29.1 Å². The highest BCUT2D eigenvalue weighted by Crippen LogP contribution is 2.39. The van der Waals surface area contributed by atoms with E-state index in [0.717, 1.165) is 249 Å². The van der Waals surface area contributed by atoms with Crippen molar-refractivity contribution in [2.24, 2.45) is 0 Å². The predicted octanol–water partition coefficient (Wildman–Crippen LogP) is 17.8. The molecule has 12 aromatic rings. The first-order valence-electron chi connectivity index (χ1n) is 49.5. The van der Waals surface area contributed by atoms with Crippen LogP contribution in [0.3, 0.4) is 0 Å². The summed E-state index contributed by atoms with van der Waals surface area (Å²) in [5, 5.41) is 21.1. The van der Waals surface area contributed by atoms with Gasteiger partial charge < -0.3 is 60.0 Å². The van der Waals surface area contributed by atoms with E-state index in [1.807, 2.05) is 6.92 Å². The summed E-state index contributed by atoms with van der Waals surface area (Å²) >= 11 is 9.97. The molecule has 8 fully saturated rings. The van der Waals surface area contributed by atoms with Crippen LogP contribution < -0.4 is 30.9 Å². The molecule has 14 heterocycles. The van der Waals surface area contributed by atoms with Crippen molar-refractivity contribution in [2.45, 2.75) is 314 Å². The zero-order chi connectivity index (χ0) is 93.7. The lowest BCUT2D eigenvalue weighted by Gasteiger charge is -2.42. The molecule has 6 aliphatic carbocycles. The Balaban J connectivity index is 0.000000123. The van der Waals surface area contributed by atoms with E-state index in [9.17, 15) is 0 Å². The second-order valence-electron chi connectivity index (χ2n) is 38.0. The maximum atomic E-state index is 6.13. The van der Waals surface area contributed by atoms with E-state index in [1.54, 1.807) is 106 Å². The Kier molecular flexibility index (Phi) is 37.0. The minimum absolute atomic E-state index is 0.256. The molecule has 8 aliphatic rings. The Bertz CT molecular complexity index is 5460. The van der Waals surface area contributed by atoms with Gasteiger partial charge in [-0.3, -0.25) is 9.80 Å². The summed E-state index contributed by atoms with van der Waals surface area (Å²) in [6, 6.07) is 6.86. The number of ether oxygens (including phenoxy) is 3. The number of hydrogen-bond acceptors (Lipinski definition) is 38. The van der Waals surface area contributed by atoms with Crippen LogP contribution in [0.2, 0.25) is 0 Å². The summed E-state index contributed by atoms with van der Waals surface area (Å²) in [7, 11) is 17.4. The molecule has 0 radical (unpaired) electrons. The summed E-state index contributed by atoms with van der Waals surface area (Å²) in [4.78, 5) is 104. The molecule has 20 rings (SSSR count). The van der Waals surface area contributed by atoms with Crippen LogP contribution in [0.1, 0.15) is 239 Å². The monoisotopic (exact) mass is 1940 g/mol. The molecule has 38 heteroatoms. The number of thiazole rings is 6. The maximum Gasteiger partial charge on any atom is 0.244 e. The number of aromatic nitrogens is 18. The van der Waals surface area contributed by atoms with Gasteiger partial charge in [-0.2, -0.15) is 4.98 Å². The largest absolute Gasteiger partial charge is 0.473 e. The van der Waals surface area contributed by atoms with Gasteiger partial charge in [0, 0.05) is 105 Å². The molecule has 2 aliphatic heterocycles. The molecule has 0 spiro atoms. The third kappa shape index (κ3) is 26.6. The first-order chi connectivity index (χ1) is 65.1. The fourth-order valence-electron chi connectivity index (χ4n) is 20.0. The Morgan fingerprint density at radius 3 is 1.03 bits per heavy atom. The van der Waals surface area contributed by atoms with Gasteiger partial charge >= 0.3 is 0 Å². The molecule has 2 saturated heterocycles. The molecule has 4 N–H and O–H groups in total. The number of nitrogens with zero attached hydrogens (tertiary/aromatic N) is 25. The topological polar surface area (TPSA) is 331 Å². The Hall–Kier alpha value is -7.70. The van der Waals surface area contributed by atoms with Crippen molar-refractivity contribution < 1.29 is 14.2 Å². The van der Waals surface area contributed by atoms with E-state index in [4.69, 9.17) is 29.2 Å². The lowest BCUT2D eigenvalue weighted by atomic mass is 9.89. The smallest absolute Gasteiger partial charge is 0.244 e. The highest BCUT2D eigenvalue weighted by molar-refractivity contribution is 7.19. The van der Waals surface area contributed by atoms with E-state index >= 15 is 0 Å². The average Bonchev–Trinajstić information content (AvgIpc) is 1.65. The molecule has 0 atom stereocenters. The molecule has 12 aromatic heterocycles. The first kappa shape index (κ1) is 101. The van der Waals surface area contributed by atoms with E-state index < -0.39 is 0 Å². The van der Waals surface area contributed by atoms with Crippen molar-refractivity contribution in [3.05, 3.63) is 68.0 Å². The number of anilines is 5. The quantitative estimate of drug-likeness (QED) is 0.0436. The Morgan fingerprint density at radius 1 is 0.343 bits per heavy atom. The molecule has 0 aromatic carbocycles. The highest BCUT2D eigenvalue weighted by Gasteiger charge is 2.35. The van der Waals surface area contributed by atoms with Crippen LogP contribution in [-0.4, -0.2) is 307 Å². The van der Waals surface area contributed by atoms with E-state index in [-0.39, 0.29) is 6.10 Å². The number of hydrogen-bond donors (Lipinski definition) is 4. The Morgan fingerprint density at radius 2 is 0.649 bits per heavy atom. The van der Waals surface area contributed by atoms with Crippen LogP contribution >= 0.6 is 68.0 Å². The summed E-state index contributed by atoms with van der Waals surface area (Å²) in [6.45, 7) is 26.0. The normalized spacial score (nSPS) is 23.8. The van der Waals surface area contributed by atoms with E-state index in [2.05, 4.69) is 235 Å². The van der Waals surface area contributed by atoms with Crippen molar-refractivity contribution in [1.29, 1.82) is 0 Å². The van der Waals surface area contributed by atoms with Gasteiger partial charge in [0.1, 0.15) is 95.8 Å². The van der Waals surface area contributed by atoms with Crippen molar-refractivity contribution in [1.82, 2.24) is 119 Å². The Labute approximate surface area is 816 Å². The van der Waals surface area contributed by atoms with Crippen LogP contribution in [0.5, 0.6) is 5.88 Å². The maximum absolute atomic E-state index is 6.13. The predicted molar refractivity (Wildman–Crippen MR) is 552 cm³/mol. The van der Waals surface area contributed by atoms with Gasteiger partial charge in [0.15, 0.2) is 39.4 Å². The minimum Gasteiger partial charge on any atom is -0.473 e. The molecule has 134 heavy (non-hydrogen) atoms. The molecule has 32 nitrogen and oxygen atoms in total. The third-order valence-corrected chi connectivity index (χ3v) is 34.5. The lowest BCUT2D eigenvalue weighted by molar-refractivity contribution is 0.00729. The fraction of sp³-hybridized carbons (Fsp3) is 0.688. The van der Waals surface area contributed by atoms with Crippen molar-refractivity contribution in [3.63, 3.8) is 0 Å². The van der Waals surface area contributed by atoms with Gasteiger partial charge in [-0.25, -0.2) is 84.7 Å². The van der Waals surface area contributed by atoms with Crippen LogP contribution in [0.25, 0.3) is 62.1 Å². The van der Waals surface area contributed by atoms with Crippen LogP contribution in [0.15, 0.2) is 38.0 Å². The van der Waals surface area contributed by atoms with Crippen molar-refractivity contribution in [3.8, 4) is 5.88 Å². The molecular weight excluding hydrogens is 1800 g/mol. The summed E-state index contributed by atoms with van der Waals surface area (Å²) in [5.41, 5.74) is 5.56. The van der Waals surface area contributed by atoms with Gasteiger partial charge in [-0.1, -0.05) is 110 Å². The second-order valence-corrected chi connectivity index (χ2v) is 44.5. The van der Waals surface area contributed by atoms with Crippen molar-refractivity contribution in [2.75, 3.05) is 142 Å². The fourth-order valence-corrected chi connectivity index (χ4v) is 25.0. The highest BCUT2D eigenvalue weighted by atomic mass is 32.1. The van der Waals surface area contributed by atoms with Crippen molar-refractivity contribution >= 4 is 159 Å². The molecule has 728 valence electrons. The van der Waals surface area contributed by atoms with E-state index in [0.29, 0.717) is 48.0 Å². The summed E-state index contributed by atoms with van der Waals surface area (Å²) in [5.74, 6) is 5.74. The number of morpholine rings is 2. The zero-order valence-electron chi connectivity index (χ0n) is 82.0. The third-order valence-electron chi connectivity index (χ3n) is 28.0. The molecule has 0 bridgehead atoms. The SMILES string of the molecule is CC(C)c1nc2c(NC3CCC(N(C)C)CC3)ncnc2s1.CCc1nc2c(N(CC)C3CCC(N4CCOCC4)CC3)ncnc2s1.CCc1nc2c(NC3CCC(N(C)C)CC3)ncnc2s1.CCc1nc2c(NC3CCC(N4CCOCC4)CC3)ncnc2s1.CCc1nc2c(OC3CCC(N(C)C)CC3)ncnc2s1.Cc1nc2c(NC3CCC(N(C)C)CC3)ncnc2s1. The second kappa shape index (κ2) is 49.2. The molecule has 6 saturated carbocycles. The molecule has 0 amide bonds.